The minimum Gasteiger partial charge on any atom is -0.459 e. The van der Waals surface area contributed by atoms with E-state index in [0.717, 1.165) is 41.2 Å². The number of nitrogens with one attached hydrogen (secondary N) is 2. The molecule has 0 spiro atoms. The lowest BCUT2D eigenvalue weighted by Gasteiger charge is -2.21. The highest BCUT2D eigenvalue weighted by molar-refractivity contribution is 7.99. The summed E-state index contributed by atoms with van der Waals surface area (Å²) in [6.07, 6.45) is 0.805. The second kappa shape index (κ2) is 7.49. The van der Waals surface area contributed by atoms with Crippen molar-refractivity contribution in [2.24, 2.45) is 4.99 Å². The summed E-state index contributed by atoms with van der Waals surface area (Å²) in [4.78, 5) is 4.58. The lowest BCUT2D eigenvalue weighted by Crippen LogP contribution is -2.41. The Morgan fingerprint density at radius 2 is 2.29 bits per heavy atom. The number of hydrogen-bond acceptors (Lipinski definition) is 4. The Hall–Kier alpha value is -1.66. The Balaban J connectivity index is 1.69. The van der Waals surface area contributed by atoms with Crippen molar-refractivity contribution >= 4 is 28.7 Å². The quantitative estimate of drug-likeness (QED) is 0.573. The van der Waals surface area contributed by atoms with Gasteiger partial charge in [-0.3, -0.25) is 4.99 Å². The van der Waals surface area contributed by atoms with Crippen molar-refractivity contribution in [3.8, 4) is 0 Å². The fourth-order valence-corrected chi connectivity index (χ4v) is 4.04. The van der Waals surface area contributed by atoms with Crippen LogP contribution in [0.5, 0.6) is 0 Å². The number of guanidine groups is 1. The topological polar surface area (TPSA) is 69.8 Å². The first-order chi connectivity index (χ1) is 11.6. The van der Waals surface area contributed by atoms with Gasteiger partial charge in [-0.2, -0.15) is 11.8 Å². The minimum absolute atomic E-state index is 0.0113. The SMILES string of the molecule is CCNC(=NCC1(O)CCSC1)NC(C)c1cc2ccccc2o1. The zero-order chi connectivity index (χ0) is 17.0. The highest BCUT2D eigenvalue weighted by atomic mass is 32.2. The molecule has 1 aromatic carbocycles. The van der Waals surface area contributed by atoms with Crippen LogP contribution in [0.4, 0.5) is 0 Å². The molecule has 2 heterocycles. The summed E-state index contributed by atoms with van der Waals surface area (Å²) in [5.74, 6) is 3.34. The van der Waals surface area contributed by atoms with Gasteiger partial charge < -0.3 is 20.2 Å². The number of hydrogen-bond donors (Lipinski definition) is 3. The molecular formula is C18H25N3O2S. The highest BCUT2D eigenvalue weighted by Gasteiger charge is 2.31. The number of thioether (sulfide) groups is 1. The minimum atomic E-state index is -0.671. The Kier molecular flexibility index (Phi) is 5.36. The maximum absolute atomic E-state index is 10.5. The van der Waals surface area contributed by atoms with Crippen LogP contribution in [0.1, 0.15) is 32.1 Å². The van der Waals surface area contributed by atoms with Gasteiger partial charge in [-0.1, -0.05) is 18.2 Å². The third-order valence-corrected chi connectivity index (χ3v) is 5.42. The van der Waals surface area contributed by atoms with Crippen LogP contribution < -0.4 is 10.6 Å². The van der Waals surface area contributed by atoms with Crippen molar-refractivity contribution in [1.29, 1.82) is 0 Å². The molecule has 130 valence electrons. The van der Waals surface area contributed by atoms with E-state index in [9.17, 15) is 5.11 Å². The zero-order valence-corrected chi connectivity index (χ0v) is 15.0. The van der Waals surface area contributed by atoms with E-state index in [0.29, 0.717) is 12.5 Å². The monoisotopic (exact) mass is 347 g/mol. The van der Waals surface area contributed by atoms with E-state index in [1.165, 1.54) is 0 Å². The molecule has 5 nitrogen and oxygen atoms in total. The summed E-state index contributed by atoms with van der Waals surface area (Å²) in [5, 5.41) is 18.2. The molecule has 6 heteroatoms. The van der Waals surface area contributed by atoms with Crippen LogP contribution in [0, 0.1) is 0 Å². The molecule has 1 aliphatic heterocycles. The summed E-state index contributed by atoms with van der Waals surface area (Å²) in [6.45, 7) is 5.27. The zero-order valence-electron chi connectivity index (χ0n) is 14.2. The Labute approximate surface area is 146 Å². The fraction of sp³-hybridized carbons (Fsp3) is 0.500. The molecule has 0 radical (unpaired) electrons. The predicted octanol–water partition coefficient (Wildman–Crippen LogP) is 2.92. The molecule has 24 heavy (non-hydrogen) atoms. The van der Waals surface area contributed by atoms with Crippen LogP contribution in [-0.2, 0) is 0 Å². The number of aliphatic hydroxyl groups is 1. The Morgan fingerprint density at radius 3 is 3.00 bits per heavy atom. The number of furan rings is 1. The molecule has 1 saturated heterocycles. The molecule has 2 aromatic rings. The van der Waals surface area contributed by atoms with Crippen LogP contribution in [0.15, 0.2) is 39.7 Å². The van der Waals surface area contributed by atoms with Gasteiger partial charge in [0.05, 0.1) is 18.2 Å². The second-order valence-corrected chi connectivity index (χ2v) is 7.38. The van der Waals surface area contributed by atoms with E-state index in [4.69, 9.17) is 4.42 Å². The molecule has 0 saturated carbocycles. The Morgan fingerprint density at radius 1 is 1.46 bits per heavy atom. The van der Waals surface area contributed by atoms with Gasteiger partial charge >= 0.3 is 0 Å². The van der Waals surface area contributed by atoms with Gasteiger partial charge in [0.25, 0.3) is 0 Å². The van der Waals surface area contributed by atoms with E-state index in [1.807, 2.05) is 38.1 Å². The van der Waals surface area contributed by atoms with Crippen molar-refractivity contribution in [3.63, 3.8) is 0 Å². The average Bonchev–Trinajstić information content (AvgIpc) is 3.19. The third-order valence-electron chi connectivity index (χ3n) is 4.18. The predicted molar refractivity (Wildman–Crippen MR) is 101 cm³/mol. The van der Waals surface area contributed by atoms with Crippen molar-refractivity contribution in [2.75, 3.05) is 24.6 Å². The van der Waals surface area contributed by atoms with Crippen LogP contribution in [0.25, 0.3) is 11.0 Å². The van der Waals surface area contributed by atoms with E-state index in [-0.39, 0.29) is 6.04 Å². The van der Waals surface area contributed by atoms with Gasteiger partial charge in [0.2, 0.25) is 0 Å². The van der Waals surface area contributed by atoms with Crippen LogP contribution >= 0.6 is 11.8 Å². The molecule has 2 atom stereocenters. The van der Waals surface area contributed by atoms with Gasteiger partial charge in [0.1, 0.15) is 11.3 Å². The largest absolute Gasteiger partial charge is 0.459 e. The second-order valence-electron chi connectivity index (χ2n) is 6.27. The van der Waals surface area contributed by atoms with E-state index in [2.05, 4.69) is 21.7 Å². The van der Waals surface area contributed by atoms with E-state index in [1.54, 1.807) is 11.8 Å². The summed E-state index contributed by atoms with van der Waals surface area (Å²) < 4.78 is 5.91. The highest BCUT2D eigenvalue weighted by Crippen LogP contribution is 2.28. The fourth-order valence-electron chi connectivity index (χ4n) is 2.76. The number of fused-ring (bicyclic) bond motifs is 1. The molecule has 3 N–H and O–H groups in total. The maximum atomic E-state index is 10.5. The lowest BCUT2D eigenvalue weighted by atomic mass is 10.1. The normalized spacial score (nSPS) is 22.7. The first kappa shape index (κ1) is 17.2. The smallest absolute Gasteiger partial charge is 0.191 e. The molecule has 1 aliphatic rings. The van der Waals surface area contributed by atoms with Crippen LogP contribution in [0.2, 0.25) is 0 Å². The first-order valence-corrected chi connectivity index (χ1v) is 9.58. The summed E-state index contributed by atoms with van der Waals surface area (Å²) in [7, 11) is 0. The Bertz CT molecular complexity index is 674. The molecule has 0 aliphatic carbocycles. The summed E-state index contributed by atoms with van der Waals surface area (Å²) in [6, 6.07) is 10.0. The van der Waals surface area contributed by atoms with Gasteiger partial charge in [0, 0.05) is 17.7 Å². The van der Waals surface area contributed by atoms with Crippen molar-refractivity contribution in [2.45, 2.75) is 31.9 Å². The van der Waals surface area contributed by atoms with Gasteiger partial charge in [-0.15, -0.1) is 0 Å². The van der Waals surface area contributed by atoms with Crippen molar-refractivity contribution in [1.82, 2.24) is 10.6 Å². The van der Waals surface area contributed by atoms with Crippen LogP contribution in [0.3, 0.4) is 0 Å². The molecule has 0 bridgehead atoms. The van der Waals surface area contributed by atoms with Crippen molar-refractivity contribution < 1.29 is 9.52 Å². The average molecular weight is 347 g/mol. The molecule has 1 fully saturated rings. The van der Waals surface area contributed by atoms with E-state index < -0.39 is 5.60 Å². The van der Waals surface area contributed by atoms with Gasteiger partial charge in [-0.25, -0.2) is 0 Å². The third kappa shape index (κ3) is 4.05. The molecular weight excluding hydrogens is 322 g/mol. The van der Waals surface area contributed by atoms with E-state index >= 15 is 0 Å². The lowest BCUT2D eigenvalue weighted by molar-refractivity contribution is 0.0778. The van der Waals surface area contributed by atoms with Crippen molar-refractivity contribution in [3.05, 3.63) is 36.1 Å². The van der Waals surface area contributed by atoms with Crippen LogP contribution in [-0.4, -0.2) is 41.3 Å². The number of para-hydroxylation sites is 1. The summed E-state index contributed by atoms with van der Waals surface area (Å²) >= 11 is 1.78. The molecule has 2 unspecified atom stereocenters. The summed E-state index contributed by atoms with van der Waals surface area (Å²) in [5.41, 5.74) is 0.218. The van der Waals surface area contributed by atoms with Gasteiger partial charge in [-0.05, 0) is 38.2 Å². The molecule has 3 rings (SSSR count). The molecule has 0 amide bonds. The number of aliphatic imine (C=N–C) groups is 1. The number of nitrogens with zero attached hydrogens (tertiary/aromatic N) is 1. The van der Waals surface area contributed by atoms with Gasteiger partial charge in [0.15, 0.2) is 5.96 Å². The molecule has 1 aromatic heterocycles. The number of rotatable bonds is 5. The standard InChI is InChI=1S/C18H25N3O2S/c1-3-19-17(20-11-18(22)8-9-24-12-18)21-13(2)16-10-14-6-4-5-7-15(14)23-16/h4-7,10,13,22H,3,8-9,11-12H2,1-2H3,(H2,19,20,21). The number of benzene rings is 1. The maximum Gasteiger partial charge on any atom is 0.191 e. The first-order valence-electron chi connectivity index (χ1n) is 8.43.